The Balaban J connectivity index is 1.76. The Morgan fingerprint density at radius 2 is 1.93 bits per heavy atom. The van der Waals surface area contributed by atoms with Gasteiger partial charge in [0.25, 0.3) is 0 Å². The van der Waals surface area contributed by atoms with Gasteiger partial charge in [-0.3, -0.25) is 9.69 Å². The van der Waals surface area contributed by atoms with Crippen LogP contribution in [0.4, 0.5) is 5.13 Å². The summed E-state index contributed by atoms with van der Waals surface area (Å²) in [5, 5.41) is 0.773. The average molecular weight is 399 g/mol. The number of para-hydroxylation sites is 1. The number of fused-ring (bicyclic) bond motifs is 1. The van der Waals surface area contributed by atoms with Gasteiger partial charge < -0.3 is 9.64 Å². The van der Waals surface area contributed by atoms with Crippen molar-refractivity contribution in [3.63, 3.8) is 0 Å². The van der Waals surface area contributed by atoms with E-state index < -0.39 is 0 Å². The molecular weight excluding hydrogens is 370 g/mol. The number of benzene rings is 2. The largest absolute Gasteiger partial charge is 0.493 e. The van der Waals surface area contributed by atoms with Gasteiger partial charge in [-0.05, 0) is 43.2 Å². The minimum atomic E-state index is 0.0469. The number of nitrogens with one attached hydrogen (secondary N) is 1. The molecule has 148 valence electrons. The summed E-state index contributed by atoms with van der Waals surface area (Å²) in [5.74, 6) is 0.830. The van der Waals surface area contributed by atoms with Crippen molar-refractivity contribution in [1.82, 2.24) is 4.98 Å². The summed E-state index contributed by atoms with van der Waals surface area (Å²) >= 11 is 1.59. The highest BCUT2D eigenvalue weighted by Gasteiger charge is 2.21. The lowest BCUT2D eigenvalue weighted by atomic mass is 10.1. The highest BCUT2D eigenvalue weighted by atomic mass is 32.1. The van der Waals surface area contributed by atoms with Crippen LogP contribution in [0.25, 0.3) is 10.2 Å². The van der Waals surface area contributed by atoms with Gasteiger partial charge in [-0.2, -0.15) is 0 Å². The summed E-state index contributed by atoms with van der Waals surface area (Å²) < 4.78 is 6.84. The molecular formula is C22H28N3O2S+. The van der Waals surface area contributed by atoms with Gasteiger partial charge in [-0.1, -0.05) is 35.6 Å². The van der Waals surface area contributed by atoms with Crippen molar-refractivity contribution in [2.24, 2.45) is 0 Å². The molecule has 0 atom stereocenters. The van der Waals surface area contributed by atoms with E-state index in [0.29, 0.717) is 19.6 Å². The Morgan fingerprint density at radius 3 is 2.64 bits per heavy atom. The van der Waals surface area contributed by atoms with Crippen molar-refractivity contribution in [2.75, 3.05) is 38.7 Å². The van der Waals surface area contributed by atoms with Gasteiger partial charge in [0.2, 0.25) is 5.91 Å². The predicted octanol–water partition coefficient (Wildman–Crippen LogP) is 2.86. The number of likely N-dealkylation sites (N-methyl/N-ethyl adjacent to an activating group) is 1. The maximum absolute atomic E-state index is 13.0. The highest BCUT2D eigenvalue weighted by molar-refractivity contribution is 7.22. The molecule has 3 rings (SSSR count). The molecule has 1 amide bonds. The van der Waals surface area contributed by atoms with Crippen LogP contribution in [0.5, 0.6) is 5.75 Å². The summed E-state index contributed by atoms with van der Waals surface area (Å²) in [6.07, 6.45) is 0.325. The molecule has 1 heterocycles. The molecule has 0 saturated carbocycles. The van der Waals surface area contributed by atoms with E-state index in [4.69, 9.17) is 9.72 Å². The first kappa shape index (κ1) is 20.3. The Morgan fingerprint density at radius 1 is 1.18 bits per heavy atom. The summed E-state index contributed by atoms with van der Waals surface area (Å²) in [6, 6.07) is 13.9. The molecule has 0 bridgehead atoms. The van der Waals surface area contributed by atoms with Crippen LogP contribution in [0.15, 0.2) is 42.5 Å². The van der Waals surface area contributed by atoms with Crippen LogP contribution >= 0.6 is 11.3 Å². The van der Waals surface area contributed by atoms with Gasteiger partial charge in [-0.15, -0.1) is 0 Å². The van der Waals surface area contributed by atoms with Crippen molar-refractivity contribution in [2.45, 2.75) is 20.3 Å². The molecule has 0 saturated heterocycles. The van der Waals surface area contributed by atoms with Gasteiger partial charge in [0.05, 0.1) is 50.4 Å². The zero-order valence-corrected chi connectivity index (χ0v) is 17.8. The molecule has 3 aromatic rings. The summed E-state index contributed by atoms with van der Waals surface area (Å²) in [4.78, 5) is 20.9. The third-order valence-corrected chi connectivity index (χ3v) is 5.54. The van der Waals surface area contributed by atoms with Gasteiger partial charge >= 0.3 is 0 Å². The van der Waals surface area contributed by atoms with E-state index in [1.807, 2.05) is 35.2 Å². The summed E-state index contributed by atoms with van der Waals surface area (Å²) in [5.41, 5.74) is 3.35. The van der Waals surface area contributed by atoms with E-state index in [-0.39, 0.29) is 5.91 Å². The second-order valence-corrected chi connectivity index (χ2v) is 8.35. The molecule has 1 N–H and O–H groups in total. The van der Waals surface area contributed by atoms with Crippen LogP contribution in [0.3, 0.4) is 0 Å². The number of carbonyl (C=O) groups excluding carboxylic acids is 1. The smallest absolute Gasteiger partial charge is 0.232 e. The first-order valence-corrected chi connectivity index (χ1v) is 10.4. The minimum Gasteiger partial charge on any atom is -0.493 e. The molecule has 28 heavy (non-hydrogen) atoms. The Labute approximate surface area is 170 Å². The van der Waals surface area contributed by atoms with Crippen molar-refractivity contribution in [1.29, 1.82) is 0 Å². The molecule has 0 aliphatic heterocycles. The van der Waals surface area contributed by atoms with Crippen molar-refractivity contribution in [3.05, 3.63) is 53.6 Å². The zero-order chi connectivity index (χ0) is 20.1. The number of ether oxygens (including phenoxy) is 1. The number of aryl methyl sites for hydroxylation is 2. The maximum Gasteiger partial charge on any atom is 0.232 e. The van der Waals surface area contributed by atoms with Crippen LogP contribution < -0.4 is 14.5 Å². The highest BCUT2D eigenvalue weighted by Crippen LogP contribution is 2.31. The quantitative estimate of drug-likeness (QED) is 0.635. The van der Waals surface area contributed by atoms with E-state index in [2.05, 4.69) is 40.1 Å². The topological polar surface area (TPSA) is 46.9 Å². The second kappa shape index (κ2) is 9.17. The third kappa shape index (κ3) is 5.09. The number of hydrogen-bond acceptors (Lipinski definition) is 4. The molecule has 0 radical (unpaired) electrons. The van der Waals surface area contributed by atoms with E-state index in [9.17, 15) is 4.79 Å². The predicted molar refractivity (Wildman–Crippen MR) is 116 cm³/mol. The van der Waals surface area contributed by atoms with E-state index >= 15 is 0 Å². The zero-order valence-electron chi connectivity index (χ0n) is 17.0. The molecule has 5 nitrogen and oxygen atoms in total. The number of anilines is 1. The number of rotatable bonds is 8. The fourth-order valence-corrected chi connectivity index (χ4v) is 4.23. The standard InChI is InChI=1S/C22H27N3O2S/c1-16-14-17(2)21-19(15-16)28-22(23-21)25(12-11-24(3)4)20(26)10-13-27-18-8-6-5-7-9-18/h5-9,14-15H,10-13H2,1-4H3/p+1. The SMILES string of the molecule is Cc1cc(C)c2nc(N(CC[NH+](C)C)C(=O)CCOc3ccccc3)sc2c1. The average Bonchev–Trinajstić information content (AvgIpc) is 3.06. The molecule has 2 aromatic carbocycles. The van der Waals surface area contributed by atoms with Gasteiger partial charge in [0.1, 0.15) is 5.75 Å². The lowest BCUT2D eigenvalue weighted by Gasteiger charge is -2.20. The Bertz CT molecular complexity index is 938. The number of quaternary nitrogens is 1. The fraction of sp³-hybridized carbons (Fsp3) is 0.364. The number of nitrogens with zero attached hydrogens (tertiary/aromatic N) is 2. The molecule has 0 unspecified atom stereocenters. The third-order valence-electron chi connectivity index (χ3n) is 4.51. The van der Waals surface area contributed by atoms with Crippen molar-refractivity contribution < 1.29 is 14.4 Å². The number of amides is 1. The first-order chi connectivity index (χ1) is 13.4. The molecule has 0 aliphatic carbocycles. The number of carbonyl (C=O) groups is 1. The Hall–Kier alpha value is -2.44. The molecule has 6 heteroatoms. The summed E-state index contributed by atoms with van der Waals surface area (Å²) in [6.45, 7) is 6.02. The van der Waals surface area contributed by atoms with E-state index in [1.54, 1.807) is 11.3 Å². The van der Waals surface area contributed by atoms with E-state index in [0.717, 1.165) is 33.2 Å². The minimum absolute atomic E-state index is 0.0469. The molecule has 0 spiro atoms. The molecule has 0 aliphatic rings. The fourth-order valence-electron chi connectivity index (χ4n) is 3.04. The van der Waals surface area contributed by atoms with Crippen LogP contribution in [-0.4, -0.2) is 44.7 Å². The lowest BCUT2D eigenvalue weighted by Crippen LogP contribution is -3.06. The van der Waals surface area contributed by atoms with E-state index in [1.165, 1.54) is 10.5 Å². The van der Waals surface area contributed by atoms with Crippen LogP contribution in [-0.2, 0) is 4.79 Å². The van der Waals surface area contributed by atoms with Gasteiger partial charge in [0.15, 0.2) is 5.13 Å². The second-order valence-electron chi connectivity index (χ2n) is 7.34. The maximum atomic E-state index is 13.0. The Kier molecular flexibility index (Phi) is 6.65. The van der Waals surface area contributed by atoms with Gasteiger partial charge in [0, 0.05) is 0 Å². The normalized spacial score (nSPS) is 11.2. The van der Waals surface area contributed by atoms with Crippen molar-refractivity contribution >= 4 is 32.6 Å². The molecule has 1 aromatic heterocycles. The number of hydrogen-bond donors (Lipinski definition) is 1. The summed E-state index contributed by atoms with van der Waals surface area (Å²) in [7, 11) is 4.18. The van der Waals surface area contributed by atoms with Gasteiger partial charge in [-0.25, -0.2) is 4.98 Å². The monoisotopic (exact) mass is 398 g/mol. The van der Waals surface area contributed by atoms with Crippen LogP contribution in [0.2, 0.25) is 0 Å². The van der Waals surface area contributed by atoms with Crippen LogP contribution in [0, 0.1) is 13.8 Å². The first-order valence-electron chi connectivity index (χ1n) is 9.59. The van der Waals surface area contributed by atoms with Crippen LogP contribution in [0.1, 0.15) is 17.5 Å². The lowest BCUT2D eigenvalue weighted by molar-refractivity contribution is -0.856. The van der Waals surface area contributed by atoms with Crippen molar-refractivity contribution in [3.8, 4) is 5.75 Å². The number of aromatic nitrogens is 1. The number of thiazole rings is 1. The molecule has 0 fully saturated rings.